The van der Waals surface area contributed by atoms with Crippen molar-refractivity contribution in [1.29, 1.82) is 0 Å². The van der Waals surface area contributed by atoms with E-state index in [1.165, 1.54) is 5.56 Å². The molecule has 1 atom stereocenters. The summed E-state index contributed by atoms with van der Waals surface area (Å²) >= 11 is 10.3. The average molecular weight is 469 g/mol. The lowest BCUT2D eigenvalue weighted by Crippen LogP contribution is -2.30. The molecule has 166 valence electrons. The third-order valence-corrected chi connectivity index (χ3v) is 7.62. The van der Waals surface area contributed by atoms with Crippen LogP contribution in [0.4, 0.5) is 5.69 Å². The minimum Gasteiger partial charge on any atom is -0.364 e. The summed E-state index contributed by atoms with van der Waals surface area (Å²) in [5.41, 5.74) is 9.02. The fourth-order valence-corrected chi connectivity index (χ4v) is 5.37. The lowest BCUT2D eigenvalue weighted by molar-refractivity contribution is 0.374. The first-order valence-electron chi connectivity index (χ1n) is 9.81. The maximum atomic E-state index is 5.99. The van der Waals surface area contributed by atoms with E-state index in [-0.39, 0.29) is 0 Å². The van der Waals surface area contributed by atoms with Crippen molar-refractivity contribution >= 4 is 65.2 Å². The van der Waals surface area contributed by atoms with Crippen molar-refractivity contribution in [2.75, 3.05) is 25.1 Å². The smallest absolute Gasteiger partial charge is 0.191 e. The van der Waals surface area contributed by atoms with Crippen LogP contribution in [0.25, 0.3) is 0 Å². The van der Waals surface area contributed by atoms with Crippen LogP contribution >= 0.6 is 31.5 Å². The number of rotatable bonds is 10. The summed E-state index contributed by atoms with van der Waals surface area (Å²) in [6, 6.07) is 8.16. The van der Waals surface area contributed by atoms with Gasteiger partial charge in [0, 0.05) is 32.6 Å². The second kappa shape index (κ2) is 13.5. The predicted molar refractivity (Wildman–Crippen MR) is 141 cm³/mol. The Balaban J connectivity index is 2.64. The highest BCUT2D eigenvalue weighted by Crippen LogP contribution is 2.50. The molecule has 0 saturated heterocycles. The molecule has 0 aliphatic carbocycles. The van der Waals surface area contributed by atoms with E-state index in [0.29, 0.717) is 28.3 Å². The fraction of sp³-hybridized carbons (Fsp3) is 0.450. The summed E-state index contributed by atoms with van der Waals surface area (Å²) in [5.74, 6) is 0. The maximum Gasteiger partial charge on any atom is 0.191 e. The second-order valence-corrected chi connectivity index (χ2v) is 10.7. The number of nitrogens with one attached hydrogen (secondary N) is 4. The molecule has 0 radical (unpaired) electrons. The molecule has 0 bridgehead atoms. The molecule has 7 nitrogen and oxygen atoms in total. The average Bonchev–Trinajstić information content (AvgIpc) is 2.71. The highest BCUT2D eigenvalue weighted by Gasteiger charge is 2.14. The predicted octanol–water partition coefficient (Wildman–Crippen LogP) is 4.13. The van der Waals surface area contributed by atoms with Gasteiger partial charge in [-0.15, -0.1) is 0 Å². The molecule has 1 unspecified atom stereocenters. The molecule has 1 aromatic carbocycles. The molecule has 0 spiro atoms. The van der Waals surface area contributed by atoms with E-state index in [2.05, 4.69) is 57.0 Å². The first-order chi connectivity index (χ1) is 14.2. The molecule has 0 aliphatic heterocycles. The molecule has 4 N–H and O–H groups in total. The van der Waals surface area contributed by atoms with Crippen LogP contribution in [0.1, 0.15) is 39.7 Å². The van der Waals surface area contributed by atoms with Crippen molar-refractivity contribution < 1.29 is 4.52 Å². The molecule has 30 heavy (non-hydrogen) atoms. The normalized spacial score (nSPS) is 13.9. The zero-order chi connectivity index (χ0) is 22.6. The molecule has 0 fully saturated rings. The Morgan fingerprint density at radius 1 is 1.03 bits per heavy atom. The second-order valence-electron chi connectivity index (χ2n) is 6.71. The Hall–Kier alpha value is -1.80. The molecule has 1 aromatic rings. The summed E-state index contributed by atoms with van der Waals surface area (Å²) in [7, 11) is 0.0888. The molecule has 10 heteroatoms. The van der Waals surface area contributed by atoms with Crippen LogP contribution in [0.3, 0.4) is 0 Å². The molecular formula is C20H33N6OPS2. The number of nitrogens with zero attached hydrogens (tertiary/aromatic N) is 2. The summed E-state index contributed by atoms with van der Waals surface area (Å²) in [6.45, 7) is 8.56. The van der Waals surface area contributed by atoms with Gasteiger partial charge < -0.3 is 15.2 Å². The molecule has 0 heterocycles. The van der Waals surface area contributed by atoms with E-state index in [1.807, 2.05) is 32.9 Å². The van der Waals surface area contributed by atoms with E-state index in [1.54, 1.807) is 7.05 Å². The summed E-state index contributed by atoms with van der Waals surface area (Å²) < 4.78 is 5.99. The van der Waals surface area contributed by atoms with Gasteiger partial charge in [-0.25, -0.2) is 0 Å². The van der Waals surface area contributed by atoms with Gasteiger partial charge in [0.05, 0.1) is 11.4 Å². The van der Waals surface area contributed by atoms with E-state index < -0.39 is 7.11 Å². The molecule has 0 saturated carbocycles. The Bertz CT molecular complexity index is 813. The standard InChI is InChI=1S/C20H33N6OPS2/c1-7-13-28(6,27-8-2)14-17-9-11-18(12-10-17)22-20(30)26-24-16(4)15(3)23-25-19(29)21-5/h9-12H,6-8,13-14H2,1-5H3,(H2,21,25,29)(H2,22,26,30). The molecule has 0 aliphatic rings. The van der Waals surface area contributed by atoms with Crippen molar-refractivity contribution in [3.63, 3.8) is 0 Å². The lowest BCUT2D eigenvalue weighted by atomic mass is 10.2. The molecule has 0 amide bonds. The third kappa shape index (κ3) is 9.80. The molecule has 0 aromatic heterocycles. The zero-order valence-corrected chi connectivity index (χ0v) is 20.9. The number of anilines is 1. The van der Waals surface area contributed by atoms with Gasteiger partial charge in [-0.05, 0) is 69.1 Å². The number of hydrogen-bond donors (Lipinski definition) is 4. The van der Waals surface area contributed by atoms with Crippen molar-refractivity contribution in [2.45, 2.75) is 40.3 Å². The quantitative estimate of drug-likeness (QED) is 0.178. The minimum absolute atomic E-state index is 0.396. The minimum atomic E-state index is -1.63. The van der Waals surface area contributed by atoms with E-state index in [9.17, 15) is 0 Å². The Morgan fingerprint density at radius 3 is 2.10 bits per heavy atom. The number of benzene rings is 1. The molecular weight excluding hydrogens is 435 g/mol. The number of thiocarbonyl (C=S) groups is 2. The summed E-state index contributed by atoms with van der Waals surface area (Å²) in [4.78, 5) is 0. The van der Waals surface area contributed by atoms with Crippen molar-refractivity contribution in [2.24, 2.45) is 10.2 Å². The van der Waals surface area contributed by atoms with Gasteiger partial charge in [-0.3, -0.25) is 10.9 Å². The van der Waals surface area contributed by atoms with Gasteiger partial charge in [-0.2, -0.15) is 10.2 Å². The third-order valence-electron chi connectivity index (χ3n) is 4.12. The summed E-state index contributed by atoms with van der Waals surface area (Å²) in [5, 5.41) is 15.1. The fourth-order valence-electron chi connectivity index (χ4n) is 2.54. The number of hydrogen-bond acceptors (Lipinski definition) is 5. The highest BCUT2D eigenvalue weighted by molar-refractivity contribution is 7.80. The zero-order valence-electron chi connectivity index (χ0n) is 18.4. The van der Waals surface area contributed by atoms with Gasteiger partial charge in [0.15, 0.2) is 10.2 Å². The van der Waals surface area contributed by atoms with Crippen LogP contribution in [0, 0.1) is 0 Å². The van der Waals surface area contributed by atoms with Crippen LogP contribution in [0.5, 0.6) is 0 Å². The first kappa shape index (κ1) is 26.2. The van der Waals surface area contributed by atoms with Crippen LogP contribution < -0.4 is 21.5 Å². The van der Waals surface area contributed by atoms with E-state index in [0.717, 1.165) is 24.4 Å². The Labute approximate surface area is 191 Å². The topological polar surface area (TPSA) is 82.1 Å². The Morgan fingerprint density at radius 2 is 1.60 bits per heavy atom. The lowest BCUT2D eigenvalue weighted by Gasteiger charge is -2.24. The van der Waals surface area contributed by atoms with Crippen molar-refractivity contribution in [3.05, 3.63) is 29.8 Å². The van der Waals surface area contributed by atoms with Gasteiger partial charge in [-0.1, -0.05) is 31.8 Å². The monoisotopic (exact) mass is 468 g/mol. The van der Waals surface area contributed by atoms with Gasteiger partial charge in [0.2, 0.25) is 0 Å². The Kier molecular flexibility index (Phi) is 11.8. The number of hydrazone groups is 2. The van der Waals surface area contributed by atoms with Crippen molar-refractivity contribution in [3.8, 4) is 0 Å². The van der Waals surface area contributed by atoms with Gasteiger partial charge in [0.25, 0.3) is 0 Å². The largest absolute Gasteiger partial charge is 0.364 e. The molecule has 1 rings (SSSR count). The van der Waals surface area contributed by atoms with Gasteiger partial charge >= 0.3 is 0 Å². The van der Waals surface area contributed by atoms with Crippen LogP contribution in [-0.4, -0.2) is 47.8 Å². The summed E-state index contributed by atoms with van der Waals surface area (Å²) in [6.07, 6.45) is 7.40. The van der Waals surface area contributed by atoms with Crippen LogP contribution in [0.15, 0.2) is 34.5 Å². The maximum absolute atomic E-state index is 5.99. The first-order valence-corrected chi connectivity index (χ1v) is 12.9. The van der Waals surface area contributed by atoms with E-state index in [4.69, 9.17) is 29.0 Å². The van der Waals surface area contributed by atoms with E-state index >= 15 is 0 Å². The van der Waals surface area contributed by atoms with Crippen LogP contribution in [-0.2, 0) is 10.7 Å². The SMILES string of the molecule is C=P(CCC)(Cc1ccc(NC(=S)NN=C(C)C(C)=NNC(=S)NC)cc1)OCC. The van der Waals surface area contributed by atoms with Crippen molar-refractivity contribution in [1.82, 2.24) is 16.2 Å². The van der Waals surface area contributed by atoms with Gasteiger partial charge in [0.1, 0.15) is 0 Å². The van der Waals surface area contributed by atoms with Crippen LogP contribution in [0.2, 0.25) is 0 Å². The highest BCUT2D eigenvalue weighted by atomic mass is 32.1.